The molecule has 0 saturated heterocycles. The summed E-state index contributed by atoms with van der Waals surface area (Å²) in [5.41, 5.74) is 0. The highest BCUT2D eigenvalue weighted by Gasteiger charge is 2.15. The Morgan fingerprint density at radius 2 is 0.912 bits per heavy atom. The zero-order valence-electron chi connectivity index (χ0n) is 23.9. The molecular formula is C32H63N2+. The first-order valence-corrected chi connectivity index (χ1v) is 15.9. The Balaban J connectivity index is 2.09. The molecule has 0 radical (unpaired) electrons. The Morgan fingerprint density at radius 1 is 0.500 bits per heavy atom. The van der Waals surface area contributed by atoms with Crippen LogP contribution in [0.15, 0.2) is 12.4 Å². The number of unbranched alkanes of at least 4 members (excludes halogenated alkanes) is 20. The fourth-order valence-electron chi connectivity index (χ4n) is 5.33. The van der Waals surface area contributed by atoms with Crippen LogP contribution in [-0.2, 0) is 19.5 Å². The highest BCUT2D eigenvalue weighted by atomic mass is 15.1. The van der Waals surface area contributed by atoms with E-state index in [4.69, 9.17) is 0 Å². The molecule has 0 N–H and O–H groups in total. The third-order valence-corrected chi connectivity index (χ3v) is 7.56. The Bertz CT molecular complexity index is 533. The summed E-state index contributed by atoms with van der Waals surface area (Å²) in [4.78, 5) is 0. The van der Waals surface area contributed by atoms with Crippen molar-refractivity contribution in [3.63, 3.8) is 0 Å². The van der Waals surface area contributed by atoms with E-state index in [0.717, 1.165) is 0 Å². The van der Waals surface area contributed by atoms with Crippen LogP contribution in [0.4, 0.5) is 0 Å². The maximum Gasteiger partial charge on any atom is 0.256 e. The van der Waals surface area contributed by atoms with Gasteiger partial charge in [0.2, 0.25) is 0 Å². The third-order valence-electron chi connectivity index (χ3n) is 7.56. The van der Waals surface area contributed by atoms with Crippen LogP contribution in [0.1, 0.15) is 174 Å². The van der Waals surface area contributed by atoms with Gasteiger partial charge in [0.05, 0.1) is 13.1 Å². The summed E-state index contributed by atoms with van der Waals surface area (Å²) in [5.74, 6) is 1.59. The second-order valence-corrected chi connectivity index (χ2v) is 10.9. The van der Waals surface area contributed by atoms with Crippen LogP contribution in [0.5, 0.6) is 0 Å². The summed E-state index contributed by atoms with van der Waals surface area (Å²) in [7, 11) is 0. The molecule has 0 saturated carbocycles. The second kappa shape index (κ2) is 23.9. The lowest BCUT2D eigenvalue weighted by molar-refractivity contribution is -0.704. The second-order valence-electron chi connectivity index (χ2n) is 10.9. The molecule has 1 aromatic rings. The number of rotatable bonds is 26. The number of hydrogen-bond donors (Lipinski definition) is 0. The van der Waals surface area contributed by atoms with Crippen molar-refractivity contribution in [2.45, 2.75) is 188 Å². The molecule has 1 aromatic heterocycles. The van der Waals surface area contributed by atoms with Crippen molar-refractivity contribution in [2.24, 2.45) is 0 Å². The average molecular weight is 476 g/mol. The molecular weight excluding hydrogens is 412 g/mol. The fraction of sp³-hybridized carbons (Fsp3) is 0.906. The summed E-state index contributed by atoms with van der Waals surface area (Å²) in [6, 6.07) is 0. The monoisotopic (exact) mass is 475 g/mol. The summed E-state index contributed by atoms with van der Waals surface area (Å²) in [6.45, 7) is 9.31. The Morgan fingerprint density at radius 3 is 1.35 bits per heavy atom. The lowest BCUT2D eigenvalue weighted by Crippen LogP contribution is -2.37. The molecule has 0 spiro atoms. The summed E-state index contributed by atoms with van der Waals surface area (Å²) in [5, 5.41) is 0. The van der Waals surface area contributed by atoms with Gasteiger partial charge in [-0.1, -0.05) is 143 Å². The molecule has 0 aromatic carbocycles. The Kier molecular flexibility index (Phi) is 22.0. The molecule has 0 atom stereocenters. The van der Waals surface area contributed by atoms with E-state index in [1.54, 1.807) is 5.82 Å². The quantitative estimate of drug-likeness (QED) is 0.0930. The first kappa shape index (κ1) is 31.2. The fourth-order valence-corrected chi connectivity index (χ4v) is 5.33. The van der Waals surface area contributed by atoms with Crippen molar-refractivity contribution in [2.75, 3.05) is 0 Å². The average Bonchev–Trinajstić information content (AvgIpc) is 3.22. The van der Waals surface area contributed by atoms with Crippen LogP contribution in [-0.4, -0.2) is 4.57 Å². The van der Waals surface area contributed by atoms with Gasteiger partial charge in [-0.25, -0.2) is 9.13 Å². The predicted molar refractivity (Wildman–Crippen MR) is 152 cm³/mol. The number of aromatic nitrogens is 2. The van der Waals surface area contributed by atoms with Crippen molar-refractivity contribution in [3.05, 3.63) is 18.2 Å². The van der Waals surface area contributed by atoms with Crippen molar-refractivity contribution in [3.8, 4) is 0 Å². The molecule has 2 heteroatoms. The highest BCUT2D eigenvalue weighted by Crippen LogP contribution is 2.14. The zero-order chi connectivity index (χ0) is 24.5. The summed E-state index contributed by atoms with van der Waals surface area (Å²) in [6.07, 6.45) is 38.7. The first-order valence-electron chi connectivity index (χ1n) is 15.9. The van der Waals surface area contributed by atoms with Crippen LogP contribution < -0.4 is 4.57 Å². The van der Waals surface area contributed by atoms with Crippen molar-refractivity contribution in [1.82, 2.24) is 4.57 Å². The first-order chi connectivity index (χ1) is 16.8. The maximum atomic E-state index is 2.58. The molecule has 0 fully saturated rings. The summed E-state index contributed by atoms with van der Waals surface area (Å²) >= 11 is 0. The smallest absolute Gasteiger partial charge is 0.234 e. The highest BCUT2D eigenvalue weighted by molar-refractivity contribution is 4.84. The van der Waals surface area contributed by atoms with E-state index < -0.39 is 0 Å². The number of hydrogen-bond acceptors (Lipinski definition) is 0. The minimum atomic E-state index is 1.18. The molecule has 0 bridgehead atoms. The van der Waals surface area contributed by atoms with E-state index in [1.165, 1.54) is 167 Å². The van der Waals surface area contributed by atoms with E-state index in [2.05, 4.69) is 42.3 Å². The van der Waals surface area contributed by atoms with Crippen molar-refractivity contribution < 1.29 is 4.57 Å². The number of imidazole rings is 1. The van der Waals surface area contributed by atoms with E-state index in [9.17, 15) is 0 Å². The van der Waals surface area contributed by atoms with Gasteiger partial charge in [0, 0.05) is 6.42 Å². The van der Waals surface area contributed by atoms with Crippen LogP contribution >= 0.6 is 0 Å². The zero-order valence-corrected chi connectivity index (χ0v) is 23.9. The Hall–Kier alpha value is -0.790. The molecule has 0 unspecified atom stereocenters. The topological polar surface area (TPSA) is 8.81 Å². The van der Waals surface area contributed by atoms with Crippen LogP contribution in [0, 0.1) is 0 Å². The minimum absolute atomic E-state index is 1.18. The molecule has 34 heavy (non-hydrogen) atoms. The van der Waals surface area contributed by atoms with Gasteiger partial charge in [0.15, 0.2) is 0 Å². The lowest BCUT2D eigenvalue weighted by Gasteiger charge is -2.06. The standard InChI is InChI=1S/C32H63N2/c1-4-7-9-11-13-15-16-17-18-19-20-22-24-26-29-34-31-30-33(28-6-3)32(34)27-25-23-21-14-12-10-8-5-2/h30-31H,4-29H2,1-3H3/q+1. The molecule has 200 valence electrons. The van der Waals surface area contributed by atoms with Crippen molar-refractivity contribution >= 4 is 0 Å². The SMILES string of the molecule is CCCCCCCCCCCCCCCC[n+]1ccn(CCC)c1CCCCCCCCCC. The van der Waals surface area contributed by atoms with Gasteiger partial charge >= 0.3 is 0 Å². The van der Waals surface area contributed by atoms with Crippen molar-refractivity contribution in [1.29, 1.82) is 0 Å². The largest absolute Gasteiger partial charge is 0.256 e. The van der Waals surface area contributed by atoms with E-state index in [1.807, 2.05) is 0 Å². The maximum absolute atomic E-state index is 2.58. The molecule has 2 nitrogen and oxygen atoms in total. The van der Waals surface area contributed by atoms with Gasteiger partial charge in [-0.2, -0.15) is 0 Å². The predicted octanol–water partition coefficient (Wildman–Crippen LogP) is 10.4. The molecule has 1 rings (SSSR count). The molecule has 0 amide bonds. The number of aryl methyl sites for hydroxylation is 2. The number of nitrogens with zero attached hydrogens (tertiary/aromatic N) is 2. The van der Waals surface area contributed by atoms with E-state index in [-0.39, 0.29) is 0 Å². The van der Waals surface area contributed by atoms with Gasteiger partial charge in [-0.15, -0.1) is 0 Å². The normalized spacial score (nSPS) is 11.5. The van der Waals surface area contributed by atoms with Gasteiger partial charge in [-0.05, 0) is 25.7 Å². The molecule has 0 aliphatic rings. The van der Waals surface area contributed by atoms with E-state index in [0.29, 0.717) is 0 Å². The molecule has 0 aliphatic carbocycles. The van der Waals surface area contributed by atoms with Gasteiger partial charge in [0.1, 0.15) is 12.4 Å². The van der Waals surface area contributed by atoms with Crippen LogP contribution in [0.3, 0.4) is 0 Å². The third kappa shape index (κ3) is 16.8. The van der Waals surface area contributed by atoms with Crippen LogP contribution in [0.25, 0.3) is 0 Å². The van der Waals surface area contributed by atoms with Gasteiger partial charge in [-0.3, -0.25) is 0 Å². The minimum Gasteiger partial charge on any atom is -0.234 e. The molecule has 0 aliphatic heterocycles. The van der Waals surface area contributed by atoms with Gasteiger partial charge < -0.3 is 0 Å². The molecule has 1 heterocycles. The van der Waals surface area contributed by atoms with Gasteiger partial charge in [0.25, 0.3) is 5.82 Å². The van der Waals surface area contributed by atoms with Crippen LogP contribution in [0.2, 0.25) is 0 Å². The lowest BCUT2D eigenvalue weighted by atomic mass is 10.0. The van der Waals surface area contributed by atoms with E-state index >= 15 is 0 Å². The summed E-state index contributed by atoms with van der Waals surface area (Å²) < 4.78 is 5.11. The Labute approximate surface area is 215 Å².